The van der Waals surface area contributed by atoms with Crippen LogP contribution in [0.2, 0.25) is 0 Å². The Labute approximate surface area is 294 Å². The fraction of sp³-hybridized carbons (Fsp3) is 0.500. The van der Waals surface area contributed by atoms with Crippen molar-refractivity contribution in [3.8, 4) is 5.75 Å². The van der Waals surface area contributed by atoms with Gasteiger partial charge in [-0.3, -0.25) is 14.1 Å². The SMILES string of the molecule is CC(C)(C)c1cc(NC(=O)N[C@H]2CC[C@@H](Oc3ccc4nnc(C(C)(C)C)n4c3)c3ccccc32)cc(C(=O)NCCN2CCCOCC2)n1. The number of carbonyl (C=O) groups is 2. The van der Waals surface area contributed by atoms with Crippen molar-refractivity contribution in [1.29, 1.82) is 0 Å². The molecular weight excluding hydrogens is 632 g/mol. The summed E-state index contributed by atoms with van der Waals surface area (Å²) in [6.07, 6.45) is 4.17. The van der Waals surface area contributed by atoms with Crippen molar-refractivity contribution in [1.82, 2.24) is 35.1 Å². The zero-order valence-corrected chi connectivity index (χ0v) is 30.1. The number of rotatable bonds is 8. The van der Waals surface area contributed by atoms with Crippen molar-refractivity contribution in [2.45, 2.75) is 83.8 Å². The van der Waals surface area contributed by atoms with Crippen molar-refractivity contribution >= 4 is 23.3 Å². The number of nitrogens with one attached hydrogen (secondary N) is 3. The van der Waals surface area contributed by atoms with Crippen LogP contribution in [0.15, 0.2) is 54.7 Å². The van der Waals surface area contributed by atoms with E-state index < -0.39 is 0 Å². The maximum absolute atomic E-state index is 13.5. The maximum Gasteiger partial charge on any atom is 0.319 e. The van der Waals surface area contributed by atoms with Crippen molar-refractivity contribution in [3.63, 3.8) is 0 Å². The summed E-state index contributed by atoms with van der Waals surface area (Å²) < 4.78 is 14.1. The molecule has 6 rings (SSSR count). The van der Waals surface area contributed by atoms with E-state index in [0.717, 1.165) is 61.0 Å². The number of carbonyl (C=O) groups excluding carboxylic acids is 2. The lowest BCUT2D eigenvalue weighted by molar-refractivity contribution is 0.0942. The van der Waals surface area contributed by atoms with E-state index >= 15 is 0 Å². The molecule has 0 radical (unpaired) electrons. The largest absolute Gasteiger partial charge is 0.484 e. The second-order valence-corrected chi connectivity index (χ2v) is 15.3. The quantitative estimate of drug-likeness (QED) is 0.208. The van der Waals surface area contributed by atoms with Crippen LogP contribution in [0.25, 0.3) is 5.65 Å². The van der Waals surface area contributed by atoms with E-state index in [9.17, 15) is 9.59 Å². The number of pyridine rings is 2. The van der Waals surface area contributed by atoms with Crippen LogP contribution in [0, 0.1) is 0 Å². The molecule has 1 aliphatic heterocycles. The van der Waals surface area contributed by atoms with Crippen LogP contribution in [0.5, 0.6) is 5.75 Å². The average Bonchev–Trinajstić information content (AvgIpc) is 3.33. The van der Waals surface area contributed by atoms with E-state index in [0.29, 0.717) is 37.4 Å². The summed E-state index contributed by atoms with van der Waals surface area (Å²) in [5.41, 5.74) is 3.83. The number of amides is 3. The van der Waals surface area contributed by atoms with E-state index in [1.807, 2.05) is 67.8 Å². The van der Waals surface area contributed by atoms with Crippen LogP contribution >= 0.6 is 0 Å². The lowest BCUT2D eigenvalue weighted by Crippen LogP contribution is -2.37. The third-order valence-corrected chi connectivity index (χ3v) is 9.18. The van der Waals surface area contributed by atoms with E-state index in [1.165, 1.54) is 0 Å². The molecule has 1 aliphatic carbocycles. The monoisotopic (exact) mass is 682 g/mol. The number of anilines is 1. The van der Waals surface area contributed by atoms with Gasteiger partial charge in [0.05, 0.1) is 18.8 Å². The minimum atomic E-state index is -0.349. The standard InChI is InChI=1S/C38H50N8O4/c1-37(2,3)32-23-25(22-30(41-32)34(47)39-16-18-45-17-9-20-49-21-19-45)40-36(48)42-29-13-14-31(28-11-8-7-10-27(28)29)50-26-12-15-33-43-44-35(38(4,5)6)46(33)24-26/h7-8,10-12,15,22-24,29,31H,9,13-14,16-21H2,1-6H3,(H,39,47)(H2,40,41,42,48)/t29-,31+/m0/s1. The average molecular weight is 683 g/mol. The number of urea groups is 1. The second-order valence-electron chi connectivity index (χ2n) is 15.3. The molecule has 3 aromatic heterocycles. The Morgan fingerprint density at radius 1 is 0.940 bits per heavy atom. The predicted octanol–water partition coefficient (Wildman–Crippen LogP) is 5.95. The van der Waals surface area contributed by atoms with Gasteiger partial charge in [-0.05, 0) is 54.7 Å². The Morgan fingerprint density at radius 3 is 2.52 bits per heavy atom. The summed E-state index contributed by atoms with van der Waals surface area (Å²) >= 11 is 0. The molecule has 266 valence electrons. The number of aromatic nitrogens is 4. The molecule has 3 N–H and O–H groups in total. The van der Waals surface area contributed by atoms with E-state index in [1.54, 1.807) is 6.07 Å². The number of benzene rings is 1. The van der Waals surface area contributed by atoms with Crippen LogP contribution in [0.3, 0.4) is 0 Å². The molecule has 2 atom stereocenters. The highest BCUT2D eigenvalue weighted by molar-refractivity contribution is 5.95. The molecule has 1 fully saturated rings. The van der Waals surface area contributed by atoms with Gasteiger partial charge in [-0.25, -0.2) is 9.78 Å². The number of hydrogen-bond acceptors (Lipinski definition) is 8. The first-order chi connectivity index (χ1) is 23.8. The summed E-state index contributed by atoms with van der Waals surface area (Å²) in [6, 6.07) is 14.9. The van der Waals surface area contributed by atoms with E-state index in [-0.39, 0.29) is 40.6 Å². The zero-order chi connectivity index (χ0) is 35.5. The Morgan fingerprint density at radius 2 is 1.74 bits per heavy atom. The fourth-order valence-corrected chi connectivity index (χ4v) is 6.51. The molecule has 0 unspecified atom stereocenters. The molecule has 1 saturated heterocycles. The van der Waals surface area contributed by atoms with Crippen LogP contribution in [0.4, 0.5) is 10.5 Å². The highest BCUT2D eigenvalue weighted by Crippen LogP contribution is 2.39. The van der Waals surface area contributed by atoms with Crippen molar-refractivity contribution in [2.75, 3.05) is 44.7 Å². The van der Waals surface area contributed by atoms with Crippen molar-refractivity contribution in [3.05, 3.63) is 83.1 Å². The first-order valence-electron chi connectivity index (χ1n) is 17.6. The summed E-state index contributed by atoms with van der Waals surface area (Å²) in [4.78, 5) is 33.7. The van der Waals surface area contributed by atoms with Gasteiger partial charge in [0.25, 0.3) is 5.91 Å². The first kappa shape index (κ1) is 35.3. The highest BCUT2D eigenvalue weighted by atomic mass is 16.5. The van der Waals surface area contributed by atoms with Crippen molar-refractivity contribution in [2.24, 2.45) is 0 Å². The summed E-state index contributed by atoms with van der Waals surface area (Å²) in [5, 5.41) is 17.9. The molecule has 2 aliphatic rings. The Kier molecular flexibility index (Phi) is 10.4. The van der Waals surface area contributed by atoms with Gasteiger partial charge < -0.3 is 25.4 Å². The Balaban J connectivity index is 1.13. The van der Waals surface area contributed by atoms with Crippen LogP contribution in [0.1, 0.15) is 106 Å². The lowest BCUT2D eigenvalue weighted by Gasteiger charge is -2.32. The molecule has 4 aromatic rings. The van der Waals surface area contributed by atoms with Gasteiger partial charge in [-0.15, -0.1) is 10.2 Å². The van der Waals surface area contributed by atoms with Crippen LogP contribution < -0.4 is 20.7 Å². The van der Waals surface area contributed by atoms with Gasteiger partial charge in [0, 0.05) is 55.0 Å². The molecule has 0 spiro atoms. The van der Waals surface area contributed by atoms with Crippen molar-refractivity contribution < 1.29 is 19.1 Å². The Bertz CT molecular complexity index is 1820. The molecule has 12 nitrogen and oxygen atoms in total. The molecule has 4 heterocycles. The fourth-order valence-electron chi connectivity index (χ4n) is 6.51. The topological polar surface area (TPSA) is 135 Å². The maximum atomic E-state index is 13.5. The molecule has 0 saturated carbocycles. The molecule has 1 aromatic carbocycles. The minimum absolute atomic E-state index is 0.170. The molecule has 50 heavy (non-hydrogen) atoms. The zero-order valence-electron chi connectivity index (χ0n) is 30.1. The van der Waals surface area contributed by atoms with Crippen LogP contribution in [-0.2, 0) is 15.6 Å². The van der Waals surface area contributed by atoms with Gasteiger partial charge in [0.15, 0.2) is 5.65 Å². The second kappa shape index (κ2) is 14.7. The minimum Gasteiger partial charge on any atom is -0.484 e. The molecule has 12 heteroatoms. The van der Waals surface area contributed by atoms with E-state index in [4.69, 9.17) is 9.47 Å². The summed E-state index contributed by atoms with van der Waals surface area (Å²) in [7, 11) is 0. The normalized spacial score (nSPS) is 18.6. The van der Waals surface area contributed by atoms with Gasteiger partial charge in [-0.1, -0.05) is 65.8 Å². The predicted molar refractivity (Wildman–Crippen MR) is 193 cm³/mol. The smallest absolute Gasteiger partial charge is 0.319 e. The number of ether oxygens (including phenoxy) is 2. The summed E-state index contributed by atoms with van der Waals surface area (Å²) in [6.45, 7) is 17.0. The van der Waals surface area contributed by atoms with Gasteiger partial charge >= 0.3 is 6.03 Å². The van der Waals surface area contributed by atoms with Gasteiger partial charge in [0.1, 0.15) is 23.4 Å². The molecule has 0 bridgehead atoms. The Hall–Kier alpha value is -4.55. The number of nitrogens with zero attached hydrogens (tertiary/aromatic N) is 5. The lowest BCUT2D eigenvalue weighted by atomic mass is 9.85. The highest BCUT2D eigenvalue weighted by Gasteiger charge is 2.30. The third-order valence-electron chi connectivity index (χ3n) is 9.18. The van der Waals surface area contributed by atoms with Gasteiger partial charge in [-0.2, -0.15) is 0 Å². The number of hydrogen-bond donors (Lipinski definition) is 3. The molecule has 3 amide bonds. The first-order valence-corrected chi connectivity index (χ1v) is 17.6. The van der Waals surface area contributed by atoms with Crippen LogP contribution in [-0.4, -0.2) is 75.8 Å². The van der Waals surface area contributed by atoms with Gasteiger partial charge in [0.2, 0.25) is 0 Å². The third kappa shape index (κ3) is 8.42. The molecular formula is C38H50N8O4. The summed E-state index contributed by atoms with van der Waals surface area (Å²) in [5.74, 6) is 1.33. The van der Waals surface area contributed by atoms with E-state index in [2.05, 4.69) is 62.9 Å². The number of fused-ring (bicyclic) bond motifs is 2.